The van der Waals surface area contributed by atoms with Gasteiger partial charge in [0, 0.05) is 5.41 Å². The number of nitrogens with zero attached hydrogens (tertiary/aromatic N) is 1. The molecule has 1 aromatic rings. The predicted molar refractivity (Wildman–Crippen MR) is 67.8 cm³/mol. The first-order valence-electron chi connectivity index (χ1n) is 5.00. The van der Waals surface area contributed by atoms with Crippen LogP contribution >= 0.6 is 11.6 Å². The smallest absolute Gasteiger partial charge is 0.254 e. The Morgan fingerprint density at radius 2 is 2.28 bits per heavy atom. The maximum absolute atomic E-state index is 11.9. The predicted octanol–water partition coefficient (Wildman–Crippen LogP) is 0.358. The molecule has 1 aliphatic heterocycles. The summed E-state index contributed by atoms with van der Waals surface area (Å²) in [7, 11) is -3.21. The number of anilines is 1. The molecular formula is C10H10ClN3O3S. The van der Waals surface area contributed by atoms with Crippen molar-refractivity contribution in [2.45, 2.75) is 6.04 Å². The van der Waals surface area contributed by atoms with Crippen molar-refractivity contribution in [3.63, 3.8) is 0 Å². The summed E-state index contributed by atoms with van der Waals surface area (Å²) < 4.78 is 22.4. The number of hydrogen-bond acceptors (Lipinski definition) is 5. The van der Waals surface area contributed by atoms with E-state index in [4.69, 9.17) is 17.3 Å². The van der Waals surface area contributed by atoms with Crippen LogP contribution in [0, 0.1) is 0 Å². The molecule has 18 heavy (non-hydrogen) atoms. The number of carbonyl (C=O) groups is 1. The van der Waals surface area contributed by atoms with E-state index < -0.39 is 21.8 Å². The number of rotatable bonds is 2. The zero-order valence-electron chi connectivity index (χ0n) is 9.13. The number of sulfone groups is 1. The van der Waals surface area contributed by atoms with Crippen LogP contribution in [-0.2, 0) is 9.84 Å². The van der Waals surface area contributed by atoms with Crippen molar-refractivity contribution >= 4 is 33.0 Å². The van der Waals surface area contributed by atoms with Crippen LogP contribution in [0.2, 0.25) is 5.15 Å². The molecule has 8 heteroatoms. The number of halogens is 1. The molecular weight excluding hydrogens is 278 g/mol. The van der Waals surface area contributed by atoms with Crippen LogP contribution < -0.4 is 11.1 Å². The molecule has 1 amide bonds. The number of carbonyl (C=O) groups excluding carboxylic acids is 1. The Morgan fingerprint density at radius 3 is 2.89 bits per heavy atom. The normalized spacial score (nSPS) is 20.8. The molecule has 0 aromatic carbocycles. The second-order valence-electron chi connectivity index (χ2n) is 3.83. The van der Waals surface area contributed by atoms with Crippen LogP contribution in [0.25, 0.3) is 0 Å². The highest BCUT2D eigenvalue weighted by atomic mass is 35.5. The van der Waals surface area contributed by atoms with Gasteiger partial charge in [-0.15, -0.1) is 0 Å². The fourth-order valence-electron chi connectivity index (χ4n) is 1.55. The summed E-state index contributed by atoms with van der Waals surface area (Å²) in [6.45, 7) is 0. The lowest BCUT2D eigenvalue weighted by Gasteiger charge is -2.11. The summed E-state index contributed by atoms with van der Waals surface area (Å²) in [5, 5.41) is 3.77. The van der Waals surface area contributed by atoms with Crippen LogP contribution in [0.3, 0.4) is 0 Å². The summed E-state index contributed by atoms with van der Waals surface area (Å²) in [5.74, 6) is -0.624. The van der Waals surface area contributed by atoms with Crippen molar-refractivity contribution in [2.75, 3.05) is 11.5 Å². The third kappa shape index (κ3) is 2.80. The first-order valence-corrected chi connectivity index (χ1v) is 7.09. The van der Waals surface area contributed by atoms with Gasteiger partial charge in [0.1, 0.15) is 5.15 Å². The van der Waals surface area contributed by atoms with Crippen molar-refractivity contribution < 1.29 is 13.2 Å². The molecule has 1 aromatic heterocycles. The fourth-order valence-corrected chi connectivity index (χ4v) is 2.94. The van der Waals surface area contributed by atoms with Gasteiger partial charge < -0.3 is 11.1 Å². The first-order chi connectivity index (χ1) is 8.37. The lowest BCUT2D eigenvalue weighted by atomic mass is 10.2. The summed E-state index contributed by atoms with van der Waals surface area (Å²) in [6.07, 6.45) is 2.70. The Hall–Kier alpha value is -1.60. The Labute approximate surface area is 109 Å². The molecule has 0 saturated carbocycles. The van der Waals surface area contributed by atoms with Gasteiger partial charge in [0.25, 0.3) is 5.91 Å². The van der Waals surface area contributed by atoms with Gasteiger partial charge in [-0.25, -0.2) is 13.4 Å². The SMILES string of the molecule is Nc1cnc(Cl)cc1C(=O)NC1C=CS(=O)(=O)C1. The Bertz CT molecular complexity index is 627. The van der Waals surface area contributed by atoms with Crippen LogP contribution in [-0.4, -0.2) is 31.1 Å². The van der Waals surface area contributed by atoms with Crippen molar-refractivity contribution in [1.29, 1.82) is 0 Å². The van der Waals surface area contributed by atoms with Crippen molar-refractivity contribution in [3.8, 4) is 0 Å². The second-order valence-corrected chi connectivity index (χ2v) is 6.15. The van der Waals surface area contributed by atoms with Gasteiger partial charge in [0.2, 0.25) is 0 Å². The van der Waals surface area contributed by atoms with Gasteiger partial charge in [0.15, 0.2) is 9.84 Å². The molecule has 96 valence electrons. The van der Waals surface area contributed by atoms with Gasteiger partial charge in [-0.3, -0.25) is 4.79 Å². The number of hydrogen-bond donors (Lipinski definition) is 2. The Morgan fingerprint density at radius 1 is 1.56 bits per heavy atom. The summed E-state index contributed by atoms with van der Waals surface area (Å²) in [6, 6.07) is 0.785. The molecule has 0 bridgehead atoms. The van der Waals surface area contributed by atoms with Crippen molar-refractivity contribution in [1.82, 2.24) is 10.3 Å². The van der Waals surface area contributed by atoms with E-state index in [1.54, 1.807) is 0 Å². The molecule has 0 spiro atoms. The summed E-state index contributed by atoms with van der Waals surface area (Å²) >= 11 is 5.67. The highest BCUT2D eigenvalue weighted by molar-refractivity contribution is 7.94. The molecule has 0 saturated heterocycles. The van der Waals surface area contributed by atoms with Crippen LogP contribution in [0.1, 0.15) is 10.4 Å². The molecule has 3 N–H and O–H groups in total. The number of nitrogens with one attached hydrogen (secondary N) is 1. The first kappa shape index (κ1) is 12.8. The van der Waals surface area contributed by atoms with E-state index in [9.17, 15) is 13.2 Å². The molecule has 1 aliphatic rings. The monoisotopic (exact) mass is 287 g/mol. The number of nitrogens with two attached hydrogens (primary N) is 1. The molecule has 0 aliphatic carbocycles. The van der Waals surface area contributed by atoms with E-state index in [1.807, 2.05) is 0 Å². The van der Waals surface area contributed by atoms with E-state index in [-0.39, 0.29) is 22.2 Å². The van der Waals surface area contributed by atoms with E-state index >= 15 is 0 Å². The van der Waals surface area contributed by atoms with E-state index in [0.717, 1.165) is 5.41 Å². The summed E-state index contributed by atoms with van der Waals surface area (Å²) in [4.78, 5) is 15.6. The molecule has 6 nitrogen and oxygen atoms in total. The van der Waals surface area contributed by atoms with Crippen LogP contribution in [0.4, 0.5) is 5.69 Å². The van der Waals surface area contributed by atoms with E-state index in [2.05, 4.69) is 10.3 Å². The molecule has 2 heterocycles. The minimum atomic E-state index is -3.21. The molecule has 0 radical (unpaired) electrons. The average Bonchev–Trinajstić information content (AvgIpc) is 2.61. The number of pyridine rings is 1. The molecule has 1 atom stereocenters. The second kappa shape index (κ2) is 4.58. The van der Waals surface area contributed by atoms with E-state index in [1.165, 1.54) is 18.3 Å². The Kier molecular flexibility index (Phi) is 3.27. The third-order valence-corrected chi connectivity index (χ3v) is 3.99. The molecule has 0 fully saturated rings. The highest BCUT2D eigenvalue weighted by Gasteiger charge is 2.24. The standard InChI is InChI=1S/C10H10ClN3O3S/c11-9-3-7(8(12)4-13-9)10(15)14-6-1-2-18(16,17)5-6/h1-4,6H,5,12H2,(H,14,15). The maximum atomic E-state index is 11.9. The third-order valence-electron chi connectivity index (χ3n) is 2.39. The zero-order valence-corrected chi connectivity index (χ0v) is 10.7. The molecule has 1 unspecified atom stereocenters. The van der Waals surface area contributed by atoms with E-state index in [0.29, 0.717) is 0 Å². The zero-order chi connectivity index (χ0) is 13.3. The van der Waals surface area contributed by atoms with Gasteiger partial charge in [-0.2, -0.15) is 0 Å². The lowest BCUT2D eigenvalue weighted by Crippen LogP contribution is -2.35. The van der Waals surface area contributed by atoms with Gasteiger partial charge in [-0.1, -0.05) is 11.6 Å². The highest BCUT2D eigenvalue weighted by Crippen LogP contribution is 2.16. The van der Waals surface area contributed by atoms with Crippen molar-refractivity contribution in [2.24, 2.45) is 0 Å². The van der Waals surface area contributed by atoms with Gasteiger partial charge in [0.05, 0.1) is 29.2 Å². The number of aromatic nitrogens is 1. The largest absolute Gasteiger partial charge is 0.397 e. The fraction of sp³-hybridized carbons (Fsp3) is 0.200. The average molecular weight is 288 g/mol. The lowest BCUT2D eigenvalue weighted by molar-refractivity contribution is 0.0948. The summed E-state index contributed by atoms with van der Waals surface area (Å²) in [5.41, 5.74) is 5.96. The number of amides is 1. The van der Waals surface area contributed by atoms with Gasteiger partial charge in [-0.05, 0) is 12.1 Å². The minimum Gasteiger partial charge on any atom is -0.397 e. The number of nitrogen functional groups attached to an aromatic ring is 1. The van der Waals surface area contributed by atoms with Crippen LogP contribution in [0.5, 0.6) is 0 Å². The van der Waals surface area contributed by atoms with Gasteiger partial charge >= 0.3 is 0 Å². The van der Waals surface area contributed by atoms with Crippen LogP contribution in [0.15, 0.2) is 23.7 Å². The molecule has 2 rings (SSSR count). The Balaban J connectivity index is 2.14. The quantitative estimate of drug-likeness (QED) is 0.765. The topological polar surface area (TPSA) is 102 Å². The minimum absolute atomic E-state index is 0.141. The van der Waals surface area contributed by atoms with Crippen molar-refractivity contribution in [3.05, 3.63) is 34.5 Å². The maximum Gasteiger partial charge on any atom is 0.254 e.